The Hall–Kier alpha value is -1.32. The van der Waals surface area contributed by atoms with Gasteiger partial charge in [-0.3, -0.25) is 0 Å². The molecule has 9 heavy (non-hydrogen) atoms. The Balaban J connectivity index is 0. The number of carbonyl (C=O) groups is 1. The lowest BCUT2D eigenvalue weighted by Crippen LogP contribution is -1.81. The van der Waals surface area contributed by atoms with E-state index in [-0.39, 0.29) is 0 Å². The Morgan fingerprint density at radius 3 is 1.67 bits per heavy atom. The molecule has 0 fully saturated rings. The molecule has 4 heteroatoms. The van der Waals surface area contributed by atoms with Gasteiger partial charge in [0.2, 0.25) is 0 Å². The first kappa shape index (κ1) is 10.6. The number of allylic oxidation sites excluding steroid dienone is 2. The molecule has 0 saturated heterocycles. The lowest BCUT2D eigenvalue weighted by Gasteiger charge is -1.66. The highest BCUT2D eigenvalue weighted by molar-refractivity contribution is 5.53. The first-order valence-electron chi connectivity index (χ1n) is 1.89. The van der Waals surface area contributed by atoms with Gasteiger partial charge in [0.05, 0.1) is 0 Å². The molecule has 0 aliphatic heterocycles. The zero-order valence-corrected chi connectivity index (χ0v) is 4.67. The molecule has 0 atom stereocenters. The van der Waals surface area contributed by atoms with Crippen molar-refractivity contribution >= 4 is 6.16 Å². The van der Waals surface area contributed by atoms with Crippen LogP contribution in [0.15, 0.2) is 25.1 Å². The standard InChI is InChI=1S/C4H5F.CH2O3/c1-3-4(2)5;2-1(3)4/h3H,1-2H2;(H2,2,3,4). The average molecular weight is 134 g/mol. The van der Waals surface area contributed by atoms with Crippen molar-refractivity contribution in [2.75, 3.05) is 0 Å². The van der Waals surface area contributed by atoms with Crippen molar-refractivity contribution in [3.8, 4) is 0 Å². The Labute approximate surface area is 51.7 Å². The van der Waals surface area contributed by atoms with Gasteiger partial charge in [-0.25, -0.2) is 9.18 Å². The van der Waals surface area contributed by atoms with E-state index in [1.165, 1.54) is 0 Å². The van der Waals surface area contributed by atoms with Gasteiger partial charge in [0, 0.05) is 0 Å². The van der Waals surface area contributed by atoms with Crippen LogP contribution in [-0.4, -0.2) is 16.4 Å². The van der Waals surface area contributed by atoms with Crippen LogP contribution in [0.5, 0.6) is 0 Å². The summed E-state index contributed by atoms with van der Waals surface area (Å²) >= 11 is 0. The van der Waals surface area contributed by atoms with Crippen LogP contribution in [-0.2, 0) is 0 Å². The van der Waals surface area contributed by atoms with Gasteiger partial charge in [0.1, 0.15) is 5.83 Å². The largest absolute Gasteiger partial charge is 0.503 e. The molecule has 0 aliphatic rings. The summed E-state index contributed by atoms with van der Waals surface area (Å²) < 4.78 is 11.1. The van der Waals surface area contributed by atoms with Crippen LogP contribution in [0.2, 0.25) is 0 Å². The van der Waals surface area contributed by atoms with E-state index in [0.717, 1.165) is 6.08 Å². The van der Waals surface area contributed by atoms with Crippen molar-refractivity contribution in [1.29, 1.82) is 0 Å². The zero-order chi connectivity index (χ0) is 7.86. The van der Waals surface area contributed by atoms with E-state index in [1.54, 1.807) is 0 Å². The third-order valence-corrected chi connectivity index (χ3v) is 0.221. The molecule has 0 aromatic carbocycles. The first-order chi connectivity index (χ1) is 4.00. The number of carboxylic acid groups (broad SMARTS) is 2. The number of hydrogen-bond acceptors (Lipinski definition) is 1. The van der Waals surface area contributed by atoms with Gasteiger partial charge in [-0.2, -0.15) is 0 Å². The van der Waals surface area contributed by atoms with Crippen LogP contribution < -0.4 is 0 Å². The van der Waals surface area contributed by atoms with E-state index >= 15 is 0 Å². The van der Waals surface area contributed by atoms with Crippen LogP contribution in [0.3, 0.4) is 0 Å². The van der Waals surface area contributed by atoms with Gasteiger partial charge in [0.25, 0.3) is 0 Å². The number of rotatable bonds is 1. The quantitative estimate of drug-likeness (QED) is 0.538. The molecule has 0 rings (SSSR count). The topological polar surface area (TPSA) is 57.5 Å². The van der Waals surface area contributed by atoms with Crippen LogP contribution in [0.4, 0.5) is 9.18 Å². The Morgan fingerprint density at radius 2 is 1.67 bits per heavy atom. The van der Waals surface area contributed by atoms with E-state index in [0.29, 0.717) is 0 Å². The fraction of sp³-hybridized carbons (Fsp3) is 0. The second-order valence-electron chi connectivity index (χ2n) is 0.934. The van der Waals surface area contributed by atoms with Crippen molar-refractivity contribution in [2.45, 2.75) is 0 Å². The third kappa shape index (κ3) is 316. The van der Waals surface area contributed by atoms with Gasteiger partial charge >= 0.3 is 6.16 Å². The average Bonchev–Trinajstić information content (AvgIpc) is 1.65. The van der Waals surface area contributed by atoms with Crippen LogP contribution in [0, 0.1) is 0 Å². The molecule has 3 nitrogen and oxygen atoms in total. The molecule has 0 bridgehead atoms. The minimum atomic E-state index is -1.83. The Kier molecular flexibility index (Phi) is 7.88. The summed E-state index contributed by atoms with van der Waals surface area (Å²) in [7, 11) is 0. The Bertz CT molecular complexity index is 115. The summed E-state index contributed by atoms with van der Waals surface area (Å²) in [5, 5.41) is 13.9. The fourth-order valence-electron chi connectivity index (χ4n) is 0. The minimum absolute atomic E-state index is 0.481. The molecule has 0 aromatic rings. The predicted molar refractivity (Wildman–Crippen MR) is 31.1 cm³/mol. The molecule has 0 saturated carbocycles. The van der Waals surface area contributed by atoms with Gasteiger partial charge < -0.3 is 10.2 Å². The maximum absolute atomic E-state index is 11.1. The third-order valence-electron chi connectivity index (χ3n) is 0.221. The molecule has 2 N–H and O–H groups in total. The lowest BCUT2D eigenvalue weighted by molar-refractivity contribution is 0.137. The smallest absolute Gasteiger partial charge is 0.450 e. The lowest BCUT2D eigenvalue weighted by atomic mass is 10.6. The second kappa shape index (κ2) is 6.68. The van der Waals surface area contributed by atoms with Gasteiger partial charge in [0.15, 0.2) is 0 Å². The monoisotopic (exact) mass is 134 g/mol. The van der Waals surface area contributed by atoms with Crippen molar-refractivity contribution in [3.05, 3.63) is 25.1 Å². The SMILES string of the molecule is C=CC(=C)F.O=C(O)O. The maximum Gasteiger partial charge on any atom is 0.503 e. The molecule has 0 heterocycles. The van der Waals surface area contributed by atoms with Crippen LogP contribution in [0.1, 0.15) is 0 Å². The van der Waals surface area contributed by atoms with E-state index in [4.69, 9.17) is 15.0 Å². The summed E-state index contributed by atoms with van der Waals surface area (Å²) in [5.41, 5.74) is 0. The minimum Gasteiger partial charge on any atom is -0.450 e. The maximum atomic E-state index is 11.1. The molecule has 0 radical (unpaired) electrons. The summed E-state index contributed by atoms with van der Waals surface area (Å²) in [5.74, 6) is -0.481. The highest BCUT2D eigenvalue weighted by atomic mass is 19.1. The van der Waals surface area contributed by atoms with Crippen LogP contribution in [0.25, 0.3) is 0 Å². The number of halogens is 1. The summed E-state index contributed by atoms with van der Waals surface area (Å²) in [6.45, 7) is 5.97. The molecule has 0 spiro atoms. The van der Waals surface area contributed by atoms with Crippen molar-refractivity contribution < 1.29 is 19.4 Å². The van der Waals surface area contributed by atoms with Gasteiger partial charge in [-0.05, 0) is 6.08 Å². The summed E-state index contributed by atoms with van der Waals surface area (Å²) in [6.07, 6.45) is -0.778. The predicted octanol–water partition coefficient (Wildman–Crippen LogP) is 1.88. The normalized spacial score (nSPS) is 6.33. The van der Waals surface area contributed by atoms with E-state index < -0.39 is 12.0 Å². The Morgan fingerprint density at radius 1 is 1.56 bits per heavy atom. The summed E-state index contributed by atoms with van der Waals surface area (Å²) in [4.78, 5) is 8.56. The highest BCUT2D eigenvalue weighted by Crippen LogP contribution is 1.86. The molecule has 0 unspecified atom stereocenters. The van der Waals surface area contributed by atoms with Gasteiger partial charge in [-0.1, -0.05) is 13.2 Å². The van der Waals surface area contributed by atoms with Crippen molar-refractivity contribution in [1.82, 2.24) is 0 Å². The van der Waals surface area contributed by atoms with Gasteiger partial charge in [-0.15, -0.1) is 0 Å². The molecular formula is C5H7FO3. The number of hydrogen-bond donors (Lipinski definition) is 2. The van der Waals surface area contributed by atoms with Crippen molar-refractivity contribution in [2.24, 2.45) is 0 Å². The fourth-order valence-corrected chi connectivity index (χ4v) is 0. The summed E-state index contributed by atoms with van der Waals surface area (Å²) in [6, 6.07) is 0. The molecule has 52 valence electrons. The molecule has 0 aromatic heterocycles. The molecule has 0 aliphatic carbocycles. The second-order valence-corrected chi connectivity index (χ2v) is 0.934. The van der Waals surface area contributed by atoms with E-state index in [9.17, 15) is 4.39 Å². The highest BCUT2D eigenvalue weighted by Gasteiger charge is 1.70. The van der Waals surface area contributed by atoms with E-state index in [2.05, 4.69) is 13.2 Å². The van der Waals surface area contributed by atoms with E-state index in [1.807, 2.05) is 0 Å². The zero-order valence-electron chi connectivity index (χ0n) is 4.67. The molecular weight excluding hydrogens is 127 g/mol. The van der Waals surface area contributed by atoms with Crippen molar-refractivity contribution in [3.63, 3.8) is 0 Å². The first-order valence-corrected chi connectivity index (χ1v) is 1.89. The van der Waals surface area contributed by atoms with Crippen LogP contribution >= 0.6 is 0 Å². The molecule has 0 amide bonds.